The van der Waals surface area contributed by atoms with E-state index in [1.165, 1.54) is 43.5 Å². The Kier molecular flexibility index (Phi) is 7.39. The molecule has 0 atom stereocenters. The van der Waals surface area contributed by atoms with Gasteiger partial charge in [-0.2, -0.15) is 0 Å². The van der Waals surface area contributed by atoms with Gasteiger partial charge in [-0.25, -0.2) is 4.99 Å². The van der Waals surface area contributed by atoms with Gasteiger partial charge in [0, 0.05) is 45.5 Å². The Hall–Kier alpha value is -5.91. The lowest BCUT2D eigenvalue weighted by molar-refractivity contribution is 0.461. The second kappa shape index (κ2) is 12.0. The largest absolute Gasteiger partial charge is 0.383 e. The molecule has 0 radical (unpaired) electrons. The van der Waals surface area contributed by atoms with E-state index in [9.17, 15) is 0 Å². The topological polar surface area (TPSA) is 60.3 Å². The van der Waals surface area contributed by atoms with Crippen molar-refractivity contribution in [2.24, 2.45) is 10.7 Å². The average Bonchev–Trinajstić information content (AvgIpc) is 3.72. The molecule has 0 bridgehead atoms. The van der Waals surface area contributed by atoms with E-state index in [4.69, 9.17) is 10.7 Å². The van der Waals surface area contributed by atoms with Crippen molar-refractivity contribution < 1.29 is 0 Å². The maximum Gasteiger partial charge on any atom is 0.164 e. The van der Waals surface area contributed by atoms with Crippen LogP contribution in [0.2, 0.25) is 0 Å². The molecule has 0 aliphatic rings. The molecule has 0 saturated carbocycles. The number of rotatable bonds is 9. The number of aromatic nitrogens is 2. The minimum atomic E-state index is -0.850. The molecule has 8 rings (SSSR count). The van der Waals surface area contributed by atoms with Crippen LogP contribution in [-0.4, -0.2) is 22.0 Å². The van der Waals surface area contributed by atoms with Gasteiger partial charge in [-0.05, 0) is 60.8 Å². The zero-order chi connectivity index (χ0) is 32.7. The first-order valence-electron chi connectivity index (χ1n) is 16.4. The molecule has 0 aliphatic carbocycles. The lowest BCUT2D eigenvalue weighted by atomic mass is 9.91. The summed E-state index contributed by atoms with van der Waals surface area (Å²) in [5.41, 5.74) is 13.7. The van der Waals surface area contributed by atoms with Gasteiger partial charge in [-0.15, -0.1) is 0 Å². The van der Waals surface area contributed by atoms with Gasteiger partial charge in [-0.1, -0.05) is 121 Å². The van der Waals surface area contributed by atoms with Gasteiger partial charge < -0.3 is 14.9 Å². The normalized spacial score (nSPS) is 13.0. The Balaban J connectivity index is 1.28. The molecule has 8 aromatic rings. The number of nitrogens with zero attached hydrogens (tertiary/aromatic N) is 3. The Morgan fingerprint density at radius 1 is 0.750 bits per heavy atom. The number of hydrogen-bond donors (Lipinski definition) is 2. The summed E-state index contributed by atoms with van der Waals surface area (Å²) in [5.74, 6) is 0.456. The van der Waals surface area contributed by atoms with Crippen molar-refractivity contribution in [3.05, 3.63) is 175 Å². The van der Waals surface area contributed by atoms with Crippen molar-refractivity contribution >= 4 is 49.3 Å². The smallest absolute Gasteiger partial charge is 0.164 e. The molecule has 0 amide bonds. The number of benzene rings is 6. The van der Waals surface area contributed by atoms with Crippen molar-refractivity contribution in [3.63, 3.8) is 0 Å². The summed E-state index contributed by atoms with van der Waals surface area (Å²) in [6, 6.07) is 44.6. The summed E-state index contributed by atoms with van der Waals surface area (Å²) in [6.07, 6.45) is 10.6. The fourth-order valence-corrected chi connectivity index (χ4v) is 7.29. The standard InChI is InChI=1S/C43H37N5/c1-3-4-5-12-26-48-37-22-14-15-30-23-24-36-40(39(30)37)38(48)29-31-25-27-47(41(31)36)35-21-13-16-32(28-35)42(44)46-43(45-2,33-17-8-6-9-18-33)34-19-10-7-11-20-34/h3-25,27-29,45H,26H2,1-2H3,(H2,44,46)/b4-3-,12-5-. The summed E-state index contributed by atoms with van der Waals surface area (Å²) < 4.78 is 4.72. The van der Waals surface area contributed by atoms with Crippen LogP contribution < -0.4 is 11.1 Å². The van der Waals surface area contributed by atoms with E-state index in [0.29, 0.717) is 5.84 Å². The summed E-state index contributed by atoms with van der Waals surface area (Å²) in [5, 5.41) is 9.81. The molecule has 0 unspecified atom stereocenters. The van der Waals surface area contributed by atoms with Gasteiger partial charge in [0.25, 0.3) is 0 Å². The highest BCUT2D eigenvalue weighted by Crippen LogP contribution is 2.41. The van der Waals surface area contributed by atoms with Crippen molar-refractivity contribution in [2.45, 2.75) is 19.1 Å². The molecule has 0 saturated heterocycles. The van der Waals surface area contributed by atoms with Crippen LogP contribution in [-0.2, 0) is 12.2 Å². The van der Waals surface area contributed by atoms with E-state index in [2.05, 4.69) is 130 Å². The predicted molar refractivity (Wildman–Crippen MR) is 202 cm³/mol. The maximum absolute atomic E-state index is 6.91. The number of aliphatic imine (C=N–C) groups is 1. The molecular weight excluding hydrogens is 587 g/mol. The van der Waals surface area contributed by atoms with E-state index >= 15 is 0 Å². The van der Waals surface area contributed by atoms with Gasteiger partial charge in [0.1, 0.15) is 5.84 Å². The monoisotopic (exact) mass is 623 g/mol. The molecule has 234 valence electrons. The number of nitrogens with two attached hydrogens (primary N) is 1. The van der Waals surface area contributed by atoms with E-state index in [1.807, 2.05) is 56.4 Å². The Morgan fingerprint density at radius 2 is 1.50 bits per heavy atom. The van der Waals surface area contributed by atoms with Gasteiger partial charge in [0.2, 0.25) is 0 Å². The van der Waals surface area contributed by atoms with Crippen molar-refractivity contribution in [3.8, 4) is 5.69 Å². The van der Waals surface area contributed by atoms with Crippen LogP contribution in [0.5, 0.6) is 0 Å². The van der Waals surface area contributed by atoms with Gasteiger partial charge in [0.05, 0.1) is 16.6 Å². The highest BCUT2D eigenvalue weighted by Gasteiger charge is 2.32. The first-order chi connectivity index (χ1) is 23.6. The van der Waals surface area contributed by atoms with E-state index in [1.54, 1.807) is 0 Å². The van der Waals surface area contributed by atoms with Gasteiger partial charge in [-0.3, -0.25) is 5.32 Å². The molecule has 2 aromatic heterocycles. The van der Waals surface area contributed by atoms with E-state index < -0.39 is 5.66 Å². The zero-order valence-electron chi connectivity index (χ0n) is 27.1. The molecular formula is C43H37N5. The van der Waals surface area contributed by atoms with Gasteiger partial charge >= 0.3 is 0 Å². The molecule has 0 fully saturated rings. The van der Waals surface area contributed by atoms with Crippen LogP contribution in [0.1, 0.15) is 23.6 Å². The van der Waals surface area contributed by atoms with Crippen molar-refractivity contribution in [1.82, 2.24) is 14.5 Å². The fourth-order valence-electron chi connectivity index (χ4n) is 7.29. The molecule has 3 N–H and O–H groups in total. The molecule has 5 nitrogen and oxygen atoms in total. The first kappa shape index (κ1) is 29.5. The molecule has 0 aliphatic heterocycles. The third-order valence-corrected chi connectivity index (χ3v) is 9.51. The van der Waals surface area contributed by atoms with Gasteiger partial charge in [0.15, 0.2) is 5.66 Å². The van der Waals surface area contributed by atoms with Crippen LogP contribution in [0.3, 0.4) is 0 Å². The van der Waals surface area contributed by atoms with Crippen LogP contribution in [0, 0.1) is 0 Å². The summed E-state index contributed by atoms with van der Waals surface area (Å²) in [7, 11) is 1.93. The second-order valence-corrected chi connectivity index (χ2v) is 12.2. The molecule has 2 heterocycles. The zero-order valence-corrected chi connectivity index (χ0v) is 27.1. The third kappa shape index (κ3) is 4.71. The Morgan fingerprint density at radius 3 is 2.23 bits per heavy atom. The number of fused-ring (bicyclic) bond motifs is 2. The summed E-state index contributed by atoms with van der Waals surface area (Å²) in [6.45, 7) is 2.85. The fraction of sp³-hybridized carbons (Fsp3) is 0.0930. The number of nitrogens with one attached hydrogen (secondary N) is 1. The molecule has 0 spiro atoms. The first-order valence-corrected chi connectivity index (χ1v) is 16.4. The highest BCUT2D eigenvalue weighted by molar-refractivity contribution is 6.29. The minimum absolute atomic E-state index is 0.456. The lowest BCUT2D eigenvalue weighted by Crippen LogP contribution is -2.41. The summed E-state index contributed by atoms with van der Waals surface area (Å²) in [4.78, 5) is 5.23. The molecule has 5 heteroatoms. The predicted octanol–water partition coefficient (Wildman–Crippen LogP) is 9.29. The highest BCUT2D eigenvalue weighted by atomic mass is 15.1. The van der Waals surface area contributed by atoms with Crippen LogP contribution in [0.25, 0.3) is 49.2 Å². The third-order valence-electron chi connectivity index (χ3n) is 9.51. The molecule has 48 heavy (non-hydrogen) atoms. The van der Waals surface area contributed by atoms with E-state index in [-0.39, 0.29) is 0 Å². The SMILES string of the molecule is C/C=C\C=C/Cn1c2cccc3ccc4c(c32)c1cc1ccn(-c2cccc(/C(N)=N/C(NC)(c3ccccc3)c3ccccc3)c2)c14. The summed E-state index contributed by atoms with van der Waals surface area (Å²) >= 11 is 0. The van der Waals surface area contributed by atoms with Crippen LogP contribution >= 0.6 is 0 Å². The quantitative estimate of drug-likeness (QED) is 0.0729. The minimum Gasteiger partial charge on any atom is -0.383 e. The van der Waals surface area contributed by atoms with Crippen LogP contribution in [0.4, 0.5) is 0 Å². The van der Waals surface area contributed by atoms with Crippen molar-refractivity contribution in [1.29, 1.82) is 0 Å². The van der Waals surface area contributed by atoms with E-state index in [0.717, 1.165) is 28.9 Å². The molecule has 6 aromatic carbocycles. The average molecular weight is 624 g/mol. The number of hydrogen-bond acceptors (Lipinski definition) is 2. The maximum atomic E-state index is 6.91. The number of allylic oxidation sites excluding steroid dienone is 4. The Labute approximate surface area is 280 Å². The lowest BCUT2D eigenvalue weighted by Gasteiger charge is -2.31. The van der Waals surface area contributed by atoms with Crippen molar-refractivity contribution in [2.75, 3.05) is 7.05 Å². The van der Waals surface area contributed by atoms with Crippen LogP contribution in [0.15, 0.2) is 163 Å². The number of amidine groups is 1. The second-order valence-electron chi connectivity index (χ2n) is 12.2. The Bertz CT molecular complexity index is 2440.